The number of anilines is 2. The first kappa shape index (κ1) is 11.2. The first-order valence-electron chi connectivity index (χ1n) is 5.50. The standard InChI is InChI=1S/C11H18N4O/c1-16-11(4-2-5-11)8-14-9-3-6-13-10(7-9)15-12/h3,6-7H,2,4-5,8,12H2,1H3,(H2,13,14,15). The molecule has 0 amide bonds. The minimum Gasteiger partial charge on any atom is -0.382 e. The van der Waals surface area contributed by atoms with Crippen LogP contribution >= 0.6 is 0 Å². The molecule has 1 fully saturated rings. The number of hydrogen-bond donors (Lipinski definition) is 3. The molecule has 0 radical (unpaired) electrons. The van der Waals surface area contributed by atoms with Crippen LogP contribution < -0.4 is 16.6 Å². The fourth-order valence-corrected chi connectivity index (χ4v) is 1.91. The number of nitrogen functional groups attached to an aromatic ring is 1. The maximum atomic E-state index is 5.53. The SMILES string of the molecule is COC1(CNc2ccnc(NN)c2)CCC1. The van der Waals surface area contributed by atoms with Crippen molar-refractivity contribution in [1.29, 1.82) is 0 Å². The number of nitrogens with two attached hydrogens (primary N) is 1. The molecule has 0 aliphatic heterocycles. The van der Waals surface area contributed by atoms with E-state index in [-0.39, 0.29) is 5.60 Å². The molecule has 0 unspecified atom stereocenters. The normalized spacial score (nSPS) is 17.6. The van der Waals surface area contributed by atoms with E-state index in [0.29, 0.717) is 5.82 Å². The molecular weight excluding hydrogens is 204 g/mol. The van der Waals surface area contributed by atoms with Crippen molar-refractivity contribution in [1.82, 2.24) is 4.98 Å². The average molecular weight is 222 g/mol. The summed E-state index contributed by atoms with van der Waals surface area (Å²) >= 11 is 0. The van der Waals surface area contributed by atoms with Gasteiger partial charge in [0.1, 0.15) is 5.82 Å². The molecule has 0 atom stereocenters. The van der Waals surface area contributed by atoms with Crippen molar-refractivity contribution < 1.29 is 4.74 Å². The Morgan fingerprint density at radius 3 is 2.94 bits per heavy atom. The second-order valence-electron chi connectivity index (χ2n) is 4.17. The van der Waals surface area contributed by atoms with Gasteiger partial charge in [-0.05, 0) is 25.3 Å². The zero-order chi connectivity index (χ0) is 11.4. The molecule has 5 nitrogen and oxygen atoms in total. The summed E-state index contributed by atoms with van der Waals surface area (Å²) in [5.41, 5.74) is 3.56. The largest absolute Gasteiger partial charge is 0.382 e. The van der Waals surface area contributed by atoms with E-state index in [9.17, 15) is 0 Å². The number of methoxy groups -OCH3 is 1. The summed E-state index contributed by atoms with van der Waals surface area (Å²) in [5.74, 6) is 5.96. The van der Waals surface area contributed by atoms with Gasteiger partial charge in [-0.1, -0.05) is 0 Å². The zero-order valence-electron chi connectivity index (χ0n) is 9.49. The highest BCUT2D eigenvalue weighted by Gasteiger charge is 2.36. The van der Waals surface area contributed by atoms with Crippen molar-refractivity contribution in [3.63, 3.8) is 0 Å². The van der Waals surface area contributed by atoms with Gasteiger partial charge in [-0.15, -0.1) is 0 Å². The molecule has 1 aromatic rings. The lowest BCUT2D eigenvalue weighted by molar-refractivity contribution is -0.0601. The monoisotopic (exact) mass is 222 g/mol. The zero-order valence-corrected chi connectivity index (χ0v) is 9.49. The van der Waals surface area contributed by atoms with Gasteiger partial charge in [0.25, 0.3) is 0 Å². The van der Waals surface area contributed by atoms with Crippen LogP contribution in [0.1, 0.15) is 19.3 Å². The lowest BCUT2D eigenvalue weighted by Gasteiger charge is -2.40. The summed E-state index contributed by atoms with van der Waals surface area (Å²) in [6.45, 7) is 0.831. The Balaban J connectivity index is 1.93. The molecule has 2 rings (SSSR count). The highest BCUT2D eigenvalue weighted by atomic mass is 16.5. The number of rotatable bonds is 5. The second kappa shape index (κ2) is 4.67. The molecule has 1 aliphatic carbocycles. The van der Waals surface area contributed by atoms with Crippen LogP contribution in [0.5, 0.6) is 0 Å². The fourth-order valence-electron chi connectivity index (χ4n) is 1.91. The lowest BCUT2D eigenvalue weighted by atomic mass is 9.80. The van der Waals surface area contributed by atoms with Crippen LogP contribution in [0.15, 0.2) is 18.3 Å². The van der Waals surface area contributed by atoms with Crippen molar-refractivity contribution in [2.75, 3.05) is 24.4 Å². The van der Waals surface area contributed by atoms with E-state index in [1.54, 1.807) is 13.3 Å². The lowest BCUT2D eigenvalue weighted by Crippen LogP contribution is -2.45. The first-order valence-corrected chi connectivity index (χ1v) is 5.50. The van der Waals surface area contributed by atoms with E-state index in [4.69, 9.17) is 10.6 Å². The summed E-state index contributed by atoms with van der Waals surface area (Å²) in [6, 6.07) is 3.80. The van der Waals surface area contributed by atoms with Gasteiger partial charge in [0, 0.05) is 31.6 Å². The molecule has 1 aromatic heterocycles. The Labute approximate surface area is 95.4 Å². The Bertz CT molecular complexity index is 346. The van der Waals surface area contributed by atoms with E-state index in [0.717, 1.165) is 25.1 Å². The van der Waals surface area contributed by atoms with E-state index < -0.39 is 0 Å². The Hall–Kier alpha value is -1.33. The summed E-state index contributed by atoms with van der Waals surface area (Å²) in [5, 5.41) is 3.35. The van der Waals surface area contributed by atoms with Gasteiger partial charge in [-0.25, -0.2) is 10.8 Å². The Kier molecular flexibility index (Phi) is 3.26. The number of pyridine rings is 1. The van der Waals surface area contributed by atoms with Crippen LogP contribution in [0, 0.1) is 0 Å². The van der Waals surface area contributed by atoms with Crippen LogP contribution in [-0.4, -0.2) is 24.2 Å². The van der Waals surface area contributed by atoms with Gasteiger partial charge in [-0.2, -0.15) is 0 Å². The molecule has 0 aromatic carbocycles. The molecule has 0 spiro atoms. The summed E-state index contributed by atoms with van der Waals surface area (Å²) in [6.07, 6.45) is 5.23. The van der Waals surface area contributed by atoms with Gasteiger partial charge in [-0.3, -0.25) is 0 Å². The van der Waals surface area contributed by atoms with Crippen molar-refractivity contribution in [3.8, 4) is 0 Å². The minimum atomic E-state index is 0.0274. The number of nitrogens with zero attached hydrogens (tertiary/aromatic N) is 1. The minimum absolute atomic E-state index is 0.0274. The molecule has 1 saturated carbocycles. The van der Waals surface area contributed by atoms with Gasteiger partial charge >= 0.3 is 0 Å². The number of ether oxygens (including phenoxy) is 1. The predicted octanol–water partition coefficient (Wildman–Crippen LogP) is 1.35. The number of nitrogens with one attached hydrogen (secondary N) is 2. The Morgan fingerprint density at radius 2 is 2.38 bits per heavy atom. The van der Waals surface area contributed by atoms with Crippen LogP contribution in [0.25, 0.3) is 0 Å². The van der Waals surface area contributed by atoms with Gasteiger partial charge in [0.2, 0.25) is 0 Å². The molecule has 0 saturated heterocycles. The molecule has 16 heavy (non-hydrogen) atoms. The third kappa shape index (κ3) is 2.25. The van der Waals surface area contributed by atoms with E-state index in [2.05, 4.69) is 15.7 Å². The van der Waals surface area contributed by atoms with Crippen LogP contribution in [0.2, 0.25) is 0 Å². The summed E-state index contributed by atoms with van der Waals surface area (Å²) < 4.78 is 5.53. The van der Waals surface area contributed by atoms with Crippen molar-refractivity contribution in [2.24, 2.45) is 5.84 Å². The van der Waals surface area contributed by atoms with E-state index in [1.807, 2.05) is 12.1 Å². The van der Waals surface area contributed by atoms with Crippen LogP contribution in [-0.2, 0) is 4.74 Å². The van der Waals surface area contributed by atoms with Gasteiger partial charge < -0.3 is 15.5 Å². The van der Waals surface area contributed by atoms with Gasteiger partial charge in [0.05, 0.1) is 5.60 Å². The highest BCUT2D eigenvalue weighted by molar-refractivity contribution is 5.51. The van der Waals surface area contributed by atoms with Crippen LogP contribution in [0.3, 0.4) is 0 Å². The molecular formula is C11H18N4O. The molecule has 0 bridgehead atoms. The molecule has 1 heterocycles. The van der Waals surface area contributed by atoms with Crippen molar-refractivity contribution in [3.05, 3.63) is 18.3 Å². The van der Waals surface area contributed by atoms with Crippen LogP contribution in [0.4, 0.5) is 11.5 Å². The smallest absolute Gasteiger partial charge is 0.141 e. The molecule has 4 N–H and O–H groups in total. The maximum Gasteiger partial charge on any atom is 0.141 e. The van der Waals surface area contributed by atoms with Crippen molar-refractivity contribution >= 4 is 11.5 Å². The molecule has 1 aliphatic rings. The Morgan fingerprint density at radius 1 is 1.56 bits per heavy atom. The number of hydrazine groups is 1. The summed E-state index contributed by atoms with van der Waals surface area (Å²) in [4.78, 5) is 4.05. The molecule has 5 heteroatoms. The third-order valence-corrected chi connectivity index (χ3v) is 3.22. The first-order chi connectivity index (χ1) is 7.78. The van der Waals surface area contributed by atoms with E-state index >= 15 is 0 Å². The quantitative estimate of drug-likeness (QED) is 0.518. The second-order valence-corrected chi connectivity index (χ2v) is 4.17. The number of hydrogen-bond acceptors (Lipinski definition) is 5. The molecule has 88 valence electrons. The van der Waals surface area contributed by atoms with E-state index in [1.165, 1.54) is 6.42 Å². The van der Waals surface area contributed by atoms with Crippen molar-refractivity contribution in [2.45, 2.75) is 24.9 Å². The fraction of sp³-hybridized carbons (Fsp3) is 0.545. The van der Waals surface area contributed by atoms with Gasteiger partial charge in [0.15, 0.2) is 0 Å². The maximum absolute atomic E-state index is 5.53. The topological polar surface area (TPSA) is 72.2 Å². The average Bonchev–Trinajstić information content (AvgIpc) is 2.29. The number of aromatic nitrogens is 1. The third-order valence-electron chi connectivity index (χ3n) is 3.22. The predicted molar refractivity (Wildman–Crippen MR) is 64.1 cm³/mol. The highest BCUT2D eigenvalue weighted by Crippen LogP contribution is 2.35. The summed E-state index contributed by atoms with van der Waals surface area (Å²) in [7, 11) is 1.78.